The molecule has 0 saturated carbocycles. The van der Waals surface area contributed by atoms with E-state index in [0.717, 1.165) is 29.9 Å². The van der Waals surface area contributed by atoms with Gasteiger partial charge in [-0.25, -0.2) is 14.4 Å². The van der Waals surface area contributed by atoms with Crippen LogP contribution in [0.1, 0.15) is 13.8 Å². The first-order valence-electron chi connectivity index (χ1n) is 9.84. The Morgan fingerprint density at radius 2 is 1.93 bits per heavy atom. The fourth-order valence-corrected chi connectivity index (χ4v) is 3.72. The summed E-state index contributed by atoms with van der Waals surface area (Å²) in [6.07, 6.45) is 1.83. The second kappa shape index (κ2) is 8.03. The number of nitrogens with two attached hydrogens (primary N) is 1. The molecule has 29 heavy (non-hydrogen) atoms. The predicted octanol–water partition coefficient (Wildman–Crippen LogP) is 3.56. The molecule has 1 aliphatic rings. The molecule has 2 heterocycles. The maximum Gasteiger partial charge on any atom is 0.196 e. The molecular weight excluding hydrogens is 367 g/mol. The Morgan fingerprint density at radius 1 is 1.14 bits per heavy atom. The van der Waals surface area contributed by atoms with Gasteiger partial charge in [0.2, 0.25) is 0 Å². The number of anilines is 1. The van der Waals surface area contributed by atoms with Crippen molar-refractivity contribution >= 4 is 28.5 Å². The molecule has 2 N–H and O–H groups in total. The lowest BCUT2D eigenvalue weighted by Gasteiger charge is -2.44. The van der Waals surface area contributed by atoms with Gasteiger partial charge in [-0.3, -0.25) is 4.98 Å². The largest absolute Gasteiger partial charge is 0.369 e. The van der Waals surface area contributed by atoms with Gasteiger partial charge >= 0.3 is 0 Å². The van der Waals surface area contributed by atoms with Crippen LogP contribution in [-0.2, 0) is 0 Å². The van der Waals surface area contributed by atoms with Crippen LogP contribution >= 0.6 is 0 Å². The van der Waals surface area contributed by atoms with E-state index in [9.17, 15) is 4.39 Å². The quantitative estimate of drug-likeness (QED) is 0.545. The Balaban J connectivity index is 1.56. The van der Waals surface area contributed by atoms with Crippen molar-refractivity contribution in [2.75, 3.05) is 24.5 Å². The van der Waals surface area contributed by atoms with Gasteiger partial charge in [0.15, 0.2) is 5.96 Å². The molecule has 0 spiro atoms. The van der Waals surface area contributed by atoms with E-state index in [1.54, 1.807) is 12.1 Å². The highest BCUT2D eigenvalue weighted by molar-refractivity contribution is 5.82. The fraction of sp³-hybridized carbons (Fsp3) is 0.318. The van der Waals surface area contributed by atoms with Crippen molar-refractivity contribution in [1.29, 1.82) is 0 Å². The molecule has 0 radical (unpaired) electrons. The van der Waals surface area contributed by atoms with Crippen LogP contribution < -0.4 is 10.6 Å². The maximum absolute atomic E-state index is 13.5. The fourth-order valence-electron chi connectivity index (χ4n) is 3.72. The van der Waals surface area contributed by atoms with Gasteiger partial charge < -0.3 is 15.5 Å². The van der Waals surface area contributed by atoms with E-state index < -0.39 is 0 Å². The number of rotatable bonds is 3. The average molecular weight is 392 g/mol. The van der Waals surface area contributed by atoms with E-state index in [0.29, 0.717) is 24.1 Å². The number of hydrogen-bond donors (Lipinski definition) is 1. The van der Waals surface area contributed by atoms with Crippen LogP contribution in [0.4, 0.5) is 15.9 Å². The highest BCUT2D eigenvalue weighted by Gasteiger charge is 2.31. The van der Waals surface area contributed by atoms with Crippen LogP contribution in [0.25, 0.3) is 11.0 Å². The molecule has 2 aromatic carbocycles. The van der Waals surface area contributed by atoms with Crippen molar-refractivity contribution in [2.24, 2.45) is 16.6 Å². The monoisotopic (exact) mass is 392 g/mol. The van der Waals surface area contributed by atoms with E-state index in [4.69, 9.17) is 10.7 Å². The van der Waals surface area contributed by atoms with Gasteiger partial charge in [0.1, 0.15) is 11.6 Å². The topological polar surface area (TPSA) is 70.6 Å². The van der Waals surface area contributed by atoms with Crippen molar-refractivity contribution in [2.45, 2.75) is 19.9 Å². The highest BCUT2D eigenvalue weighted by Crippen LogP contribution is 2.23. The van der Waals surface area contributed by atoms with E-state index in [1.165, 1.54) is 12.1 Å². The Labute approximate surface area is 169 Å². The number of nitrogens with zero attached hydrogens (tertiary/aromatic N) is 5. The molecule has 3 aromatic rings. The van der Waals surface area contributed by atoms with Crippen molar-refractivity contribution in [3.63, 3.8) is 0 Å². The molecule has 0 bridgehead atoms. The predicted molar refractivity (Wildman–Crippen MR) is 115 cm³/mol. The van der Waals surface area contributed by atoms with Crippen molar-refractivity contribution < 1.29 is 4.39 Å². The minimum atomic E-state index is -0.320. The van der Waals surface area contributed by atoms with Gasteiger partial charge in [-0.15, -0.1) is 0 Å². The summed E-state index contributed by atoms with van der Waals surface area (Å²) in [6.45, 7) is 6.58. The molecular formula is C22H25FN6. The van der Waals surface area contributed by atoms with Crippen LogP contribution in [0.2, 0.25) is 0 Å². The summed E-state index contributed by atoms with van der Waals surface area (Å²) in [6, 6.07) is 14.2. The number of para-hydroxylation sites is 2. The molecule has 1 unspecified atom stereocenters. The molecule has 1 saturated heterocycles. The molecule has 1 aromatic heterocycles. The summed E-state index contributed by atoms with van der Waals surface area (Å²) >= 11 is 0. The molecule has 0 aliphatic carbocycles. The highest BCUT2D eigenvalue weighted by atomic mass is 19.1. The zero-order valence-corrected chi connectivity index (χ0v) is 16.7. The molecule has 1 aliphatic heterocycles. The summed E-state index contributed by atoms with van der Waals surface area (Å²) < 4.78 is 13.5. The molecule has 1 fully saturated rings. The smallest absolute Gasteiger partial charge is 0.196 e. The average Bonchev–Trinajstić information content (AvgIpc) is 2.73. The number of fused-ring (bicyclic) bond motifs is 1. The SMILES string of the molecule is CC(C)C1CN(c2cnc3ccccc3n2)CCN1C(N)=Nc1cccc(F)c1. The van der Waals surface area contributed by atoms with E-state index in [1.807, 2.05) is 30.5 Å². The maximum atomic E-state index is 13.5. The first-order chi connectivity index (χ1) is 14.0. The molecule has 150 valence electrons. The van der Waals surface area contributed by atoms with Crippen LogP contribution in [-0.4, -0.2) is 46.5 Å². The summed E-state index contributed by atoms with van der Waals surface area (Å²) in [4.78, 5) is 18.1. The van der Waals surface area contributed by atoms with Crippen molar-refractivity contribution in [3.05, 3.63) is 60.5 Å². The van der Waals surface area contributed by atoms with Crippen molar-refractivity contribution in [1.82, 2.24) is 14.9 Å². The zero-order valence-electron chi connectivity index (χ0n) is 16.7. The lowest BCUT2D eigenvalue weighted by molar-refractivity contribution is 0.222. The van der Waals surface area contributed by atoms with Gasteiger partial charge in [0.05, 0.1) is 29.0 Å². The van der Waals surface area contributed by atoms with Gasteiger partial charge in [-0.2, -0.15) is 0 Å². The van der Waals surface area contributed by atoms with Gasteiger partial charge in [0, 0.05) is 19.6 Å². The summed E-state index contributed by atoms with van der Waals surface area (Å²) in [5.41, 5.74) is 8.63. The van der Waals surface area contributed by atoms with Crippen molar-refractivity contribution in [3.8, 4) is 0 Å². The van der Waals surface area contributed by atoms with Crippen LogP contribution in [0.3, 0.4) is 0 Å². The third kappa shape index (κ3) is 4.13. The molecule has 1 atom stereocenters. The summed E-state index contributed by atoms with van der Waals surface area (Å²) in [5, 5.41) is 0. The number of aromatic nitrogens is 2. The summed E-state index contributed by atoms with van der Waals surface area (Å²) in [5.74, 6) is 1.32. The van der Waals surface area contributed by atoms with Crippen LogP contribution in [0.15, 0.2) is 59.7 Å². The first kappa shape index (κ1) is 19.1. The number of guanidine groups is 1. The second-order valence-corrected chi connectivity index (χ2v) is 7.62. The summed E-state index contributed by atoms with van der Waals surface area (Å²) in [7, 11) is 0. The van der Waals surface area contributed by atoms with E-state index >= 15 is 0 Å². The number of aliphatic imine (C=N–C) groups is 1. The Hall–Kier alpha value is -3.22. The van der Waals surface area contributed by atoms with Crippen LogP contribution in [0, 0.1) is 11.7 Å². The molecule has 6 nitrogen and oxygen atoms in total. The molecule has 7 heteroatoms. The van der Waals surface area contributed by atoms with Gasteiger partial charge in [-0.05, 0) is 36.2 Å². The normalized spacial score (nSPS) is 17.9. The number of piperazine rings is 1. The third-order valence-corrected chi connectivity index (χ3v) is 5.29. The van der Waals surface area contributed by atoms with E-state index in [2.05, 4.69) is 33.6 Å². The third-order valence-electron chi connectivity index (χ3n) is 5.29. The second-order valence-electron chi connectivity index (χ2n) is 7.62. The first-order valence-corrected chi connectivity index (χ1v) is 9.84. The number of halogens is 1. The number of hydrogen-bond acceptors (Lipinski definition) is 4. The minimum Gasteiger partial charge on any atom is -0.369 e. The molecule has 0 amide bonds. The molecule has 4 rings (SSSR count). The lowest BCUT2D eigenvalue weighted by atomic mass is 10.00. The van der Waals surface area contributed by atoms with Crippen LogP contribution in [0.5, 0.6) is 0 Å². The zero-order chi connectivity index (χ0) is 20.4. The Kier molecular flexibility index (Phi) is 5.29. The standard InChI is InChI=1S/C22H25FN6/c1-15(2)20-14-28(21-13-25-18-8-3-4-9-19(18)27-21)10-11-29(20)22(24)26-17-7-5-6-16(23)12-17/h3-9,12-13,15,20H,10-11,14H2,1-2H3,(H2,24,26). The Bertz CT molecular complexity index is 1030. The van der Waals surface area contributed by atoms with E-state index in [-0.39, 0.29) is 11.9 Å². The lowest BCUT2D eigenvalue weighted by Crippen LogP contribution is -2.59. The minimum absolute atomic E-state index is 0.161. The Morgan fingerprint density at radius 3 is 2.69 bits per heavy atom. The number of benzene rings is 2. The van der Waals surface area contributed by atoms with Gasteiger partial charge in [0.25, 0.3) is 0 Å². The van der Waals surface area contributed by atoms with Gasteiger partial charge in [-0.1, -0.05) is 32.0 Å².